The second-order valence-electron chi connectivity index (χ2n) is 7.02. The van der Waals surface area contributed by atoms with Gasteiger partial charge in [-0.25, -0.2) is 9.59 Å². The first-order valence-corrected chi connectivity index (χ1v) is 8.59. The monoisotopic (exact) mass is 381 g/mol. The molecule has 0 spiro atoms. The quantitative estimate of drug-likeness (QED) is 0.628. The van der Waals surface area contributed by atoms with Crippen molar-refractivity contribution in [3.05, 3.63) is 0 Å². The average Bonchev–Trinajstić information content (AvgIpc) is 2.50. The Labute approximate surface area is 150 Å². The van der Waals surface area contributed by atoms with Crippen LogP contribution in [0.2, 0.25) is 0 Å². The van der Waals surface area contributed by atoms with E-state index in [1.807, 2.05) is 19.2 Å². The molecule has 1 heterocycles. The van der Waals surface area contributed by atoms with E-state index in [0.717, 1.165) is 0 Å². The lowest BCUT2D eigenvalue weighted by Crippen LogP contribution is -2.48. The molecule has 7 nitrogen and oxygen atoms in total. The van der Waals surface area contributed by atoms with Gasteiger partial charge in [0.2, 0.25) is 5.91 Å². The molecular weight excluding hydrogens is 355 g/mol. The van der Waals surface area contributed by atoms with Crippen molar-refractivity contribution in [3.8, 4) is 0 Å². The van der Waals surface area contributed by atoms with Crippen LogP contribution in [-0.4, -0.2) is 59.8 Å². The summed E-state index contributed by atoms with van der Waals surface area (Å²) in [6.45, 7) is 5.31. The maximum atomic E-state index is 12.4. The number of carboxylic acid groups (broad SMARTS) is 1. The first kappa shape index (κ1) is 22.0. The van der Waals surface area contributed by atoms with Gasteiger partial charge in [-0.2, -0.15) is 13.2 Å². The summed E-state index contributed by atoms with van der Waals surface area (Å²) >= 11 is 0. The number of carbonyl (C=O) groups excluding carboxylic acids is 2. The molecule has 150 valence electrons. The van der Waals surface area contributed by atoms with Crippen molar-refractivity contribution in [1.29, 1.82) is 0 Å². The van der Waals surface area contributed by atoms with Crippen molar-refractivity contribution < 1.29 is 32.7 Å². The number of carboxylic acids is 1. The summed E-state index contributed by atoms with van der Waals surface area (Å²) in [6, 6.07) is -2.24. The molecule has 1 saturated heterocycles. The summed E-state index contributed by atoms with van der Waals surface area (Å²) in [7, 11) is 0. The van der Waals surface area contributed by atoms with Crippen molar-refractivity contribution >= 4 is 17.9 Å². The highest BCUT2D eigenvalue weighted by Crippen LogP contribution is 2.23. The van der Waals surface area contributed by atoms with Crippen LogP contribution in [0.1, 0.15) is 39.5 Å². The third-order valence-electron chi connectivity index (χ3n) is 4.01. The van der Waals surface area contributed by atoms with E-state index in [9.17, 15) is 27.6 Å². The summed E-state index contributed by atoms with van der Waals surface area (Å²) in [4.78, 5) is 36.5. The highest BCUT2D eigenvalue weighted by molar-refractivity contribution is 5.83. The number of nitrogens with zero attached hydrogens (tertiary/aromatic N) is 1. The number of urea groups is 1. The van der Waals surface area contributed by atoms with Gasteiger partial charge in [-0.05, 0) is 24.7 Å². The molecule has 10 heteroatoms. The maximum absolute atomic E-state index is 12.4. The van der Waals surface area contributed by atoms with Crippen LogP contribution >= 0.6 is 0 Å². The van der Waals surface area contributed by atoms with Gasteiger partial charge < -0.3 is 20.6 Å². The molecule has 0 aromatic carbocycles. The van der Waals surface area contributed by atoms with Crippen molar-refractivity contribution in [2.24, 2.45) is 11.8 Å². The molecule has 2 atom stereocenters. The van der Waals surface area contributed by atoms with Crippen LogP contribution in [0.4, 0.5) is 18.0 Å². The summed E-state index contributed by atoms with van der Waals surface area (Å²) in [5, 5.41) is 13.5. The Morgan fingerprint density at radius 3 is 2.46 bits per heavy atom. The van der Waals surface area contributed by atoms with Gasteiger partial charge in [0.15, 0.2) is 0 Å². The minimum absolute atomic E-state index is 0.115. The molecule has 0 saturated carbocycles. The summed E-state index contributed by atoms with van der Waals surface area (Å²) in [5.74, 6) is -2.40. The molecule has 3 amide bonds. The second kappa shape index (κ2) is 9.63. The van der Waals surface area contributed by atoms with Gasteiger partial charge in [0, 0.05) is 26.1 Å². The highest BCUT2D eigenvalue weighted by Gasteiger charge is 2.36. The summed E-state index contributed by atoms with van der Waals surface area (Å²) < 4.78 is 37.1. The van der Waals surface area contributed by atoms with Crippen LogP contribution in [-0.2, 0) is 9.59 Å². The molecule has 0 aliphatic carbocycles. The number of piperidine rings is 1. The van der Waals surface area contributed by atoms with Crippen molar-refractivity contribution in [1.82, 2.24) is 15.5 Å². The first-order chi connectivity index (χ1) is 12.0. The molecule has 1 aliphatic heterocycles. The smallest absolute Gasteiger partial charge is 0.391 e. The van der Waals surface area contributed by atoms with Crippen molar-refractivity contribution in [3.63, 3.8) is 0 Å². The second-order valence-corrected chi connectivity index (χ2v) is 7.02. The minimum atomic E-state index is -4.69. The lowest BCUT2D eigenvalue weighted by Gasteiger charge is -2.33. The van der Waals surface area contributed by atoms with E-state index in [1.165, 1.54) is 0 Å². The predicted molar refractivity (Wildman–Crippen MR) is 87.4 cm³/mol. The van der Waals surface area contributed by atoms with Crippen LogP contribution in [0, 0.1) is 11.8 Å². The third-order valence-corrected chi connectivity index (χ3v) is 4.01. The lowest BCUT2D eigenvalue weighted by atomic mass is 9.94. The van der Waals surface area contributed by atoms with Gasteiger partial charge in [-0.3, -0.25) is 4.79 Å². The van der Waals surface area contributed by atoms with Crippen LogP contribution < -0.4 is 10.6 Å². The maximum Gasteiger partial charge on any atom is 0.391 e. The number of hydrogen-bond acceptors (Lipinski definition) is 3. The fourth-order valence-corrected chi connectivity index (χ4v) is 2.77. The van der Waals surface area contributed by atoms with E-state index in [2.05, 4.69) is 5.32 Å². The standard InChI is InChI=1S/C16H26F3N3O4/c1-10(2)8-20-15(26)22-5-3-4-11(9-22)6-13(23)21-12(14(24)25)7-16(17,18)19/h10-12H,3-9H2,1-2H3,(H,20,26)(H,21,23)(H,24,25). The number of halogens is 3. The normalized spacial score (nSPS) is 19.2. The molecule has 1 rings (SSSR count). The Morgan fingerprint density at radius 2 is 1.92 bits per heavy atom. The zero-order valence-corrected chi connectivity index (χ0v) is 14.9. The van der Waals surface area contributed by atoms with Crippen LogP contribution in [0.15, 0.2) is 0 Å². The van der Waals surface area contributed by atoms with Gasteiger partial charge in [0.05, 0.1) is 6.42 Å². The molecule has 3 N–H and O–H groups in total. The van der Waals surface area contributed by atoms with Gasteiger partial charge in [0.1, 0.15) is 6.04 Å². The molecule has 1 aliphatic rings. The Morgan fingerprint density at radius 1 is 1.27 bits per heavy atom. The highest BCUT2D eigenvalue weighted by atomic mass is 19.4. The fourth-order valence-electron chi connectivity index (χ4n) is 2.77. The number of amides is 3. The molecule has 1 fully saturated rings. The average molecular weight is 381 g/mol. The van der Waals surface area contributed by atoms with Crippen molar-refractivity contribution in [2.75, 3.05) is 19.6 Å². The van der Waals surface area contributed by atoms with E-state index >= 15 is 0 Å². The molecule has 26 heavy (non-hydrogen) atoms. The van der Waals surface area contributed by atoms with E-state index in [0.29, 0.717) is 38.4 Å². The van der Waals surface area contributed by atoms with Gasteiger partial charge in [-0.1, -0.05) is 13.8 Å². The minimum Gasteiger partial charge on any atom is -0.480 e. The third kappa shape index (κ3) is 8.39. The zero-order valence-electron chi connectivity index (χ0n) is 14.9. The molecule has 2 unspecified atom stereocenters. The van der Waals surface area contributed by atoms with Crippen molar-refractivity contribution in [2.45, 2.75) is 51.7 Å². The molecule has 0 aromatic heterocycles. The largest absolute Gasteiger partial charge is 0.480 e. The number of carbonyl (C=O) groups is 3. The topological polar surface area (TPSA) is 98.7 Å². The lowest BCUT2D eigenvalue weighted by molar-refractivity contribution is -0.160. The van der Waals surface area contributed by atoms with E-state index in [-0.39, 0.29) is 18.4 Å². The van der Waals surface area contributed by atoms with Gasteiger partial charge in [-0.15, -0.1) is 0 Å². The number of rotatable bonds is 7. The fraction of sp³-hybridized carbons (Fsp3) is 0.812. The Kier molecular flexibility index (Phi) is 8.16. The van der Waals surface area contributed by atoms with Gasteiger partial charge in [0.25, 0.3) is 0 Å². The number of hydrogen-bond donors (Lipinski definition) is 3. The zero-order chi connectivity index (χ0) is 19.9. The van der Waals surface area contributed by atoms with Gasteiger partial charge >= 0.3 is 18.2 Å². The first-order valence-electron chi connectivity index (χ1n) is 8.59. The Bertz CT molecular complexity index is 511. The number of likely N-dealkylation sites (tertiary alicyclic amines) is 1. The Hall–Kier alpha value is -2.00. The van der Waals surface area contributed by atoms with E-state index in [4.69, 9.17) is 5.11 Å². The summed E-state index contributed by atoms with van der Waals surface area (Å²) in [6.07, 6.45) is -5.10. The summed E-state index contributed by atoms with van der Waals surface area (Å²) in [5.41, 5.74) is 0. The van der Waals surface area contributed by atoms with Crippen LogP contribution in [0.25, 0.3) is 0 Å². The number of aliphatic carboxylic acids is 1. The molecule has 0 aromatic rings. The molecule has 0 bridgehead atoms. The van der Waals surface area contributed by atoms with E-state index in [1.54, 1.807) is 4.90 Å². The number of nitrogens with one attached hydrogen (secondary N) is 2. The molecule has 0 radical (unpaired) electrons. The SMILES string of the molecule is CC(C)CNC(=O)N1CCCC(CC(=O)NC(CC(F)(F)F)C(=O)O)C1. The van der Waals surface area contributed by atoms with E-state index < -0.39 is 30.5 Å². The molecular formula is C16H26F3N3O4. The predicted octanol–water partition coefficient (Wildman–Crippen LogP) is 1.98. The Balaban J connectivity index is 2.52. The van der Waals surface area contributed by atoms with Crippen LogP contribution in [0.5, 0.6) is 0 Å². The number of alkyl halides is 3. The van der Waals surface area contributed by atoms with Crippen LogP contribution in [0.3, 0.4) is 0 Å².